The first kappa shape index (κ1) is 30.0. The second-order valence-corrected chi connectivity index (χ2v) is 11.1. The fourth-order valence-electron chi connectivity index (χ4n) is 3.96. The van der Waals surface area contributed by atoms with Crippen LogP contribution >= 0.6 is 11.6 Å². The van der Waals surface area contributed by atoms with E-state index in [1.807, 2.05) is 6.92 Å². The molecule has 0 bridgehead atoms. The van der Waals surface area contributed by atoms with Crippen LogP contribution < -0.4 is 14.4 Å². The predicted octanol–water partition coefficient (Wildman–Crippen LogP) is 4.88. The SMILES string of the molecule is CCCNC(=O)[C@@H](C)N(Cc1ccccc1Cl)C(=O)CN(c1ccccc1OCC)S(=O)(=O)c1ccccc1. The molecule has 10 heteroatoms. The Kier molecular flexibility index (Phi) is 10.8. The van der Waals surface area contributed by atoms with Crippen LogP contribution in [-0.2, 0) is 26.2 Å². The number of para-hydroxylation sites is 2. The number of nitrogens with zero attached hydrogens (tertiary/aromatic N) is 2. The van der Waals surface area contributed by atoms with E-state index in [0.29, 0.717) is 29.5 Å². The smallest absolute Gasteiger partial charge is 0.264 e. The third-order valence-electron chi connectivity index (χ3n) is 6.06. The number of ether oxygens (including phenoxy) is 1. The Morgan fingerprint density at radius 3 is 2.26 bits per heavy atom. The molecule has 3 aromatic rings. The highest BCUT2D eigenvalue weighted by atomic mass is 35.5. The zero-order valence-corrected chi connectivity index (χ0v) is 23.9. The molecule has 39 heavy (non-hydrogen) atoms. The second-order valence-electron chi connectivity index (χ2n) is 8.81. The minimum atomic E-state index is -4.19. The number of hydrogen-bond donors (Lipinski definition) is 1. The Labute approximate surface area is 235 Å². The van der Waals surface area contributed by atoms with Crippen LogP contribution in [0.5, 0.6) is 5.75 Å². The van der Waals surface area contributed by atoms with E-state index in [0.717, 1.165) is 10.7 Å². The largest absolute Gasteiger partial charge is 0.492 e. The fourth-order valence-corrected chi connectivity index (χ4v) is 5.60. The lowest BCUT2D eigenvalue weighted by molar-refractivity contribution is -0.139. The number of rotatable bonds is 13. The molecule has 0 heterocycles. The summed E-state index contributed by atoms with van der Waals surface area (Å²) in [6, 6.07) is 20.7. The molecule has 0 aromatic heterocycles. The molecule has 0 unspecified atom stereocenters. The van der Waals surface area contributed by atoms with Gasteiger partial charge in [-0.05, 0) is 56.2 Å². The van der Waals surface area contributed by atoms with Gasteiger partial charge in [0, 0.05) is 18.1 Å². The van der Waals surface area contributed by atoms with Crippen molar-refractivity contribution < 1.29 is 22.7 Å². The number of halogens is 1. The molecule has 3 aromatic carbocycles. The molecule has 8 nitrogen and oxygen atoms in total. The van der Waals surface area contributed by atoms with Crippen molar-refractivity contribution in [2.24, 2.45) is 0 Å². The highest BCUT2D eigenvalue weighted by Gasteiger charge is 2.33. The lowest BCUT2D eigenvalue weighted by Gasteiger charge is -2.32. The molecule has 0 radical (unpaired) electrons. The Balaban J connectivity index is 2.07. The van der Waals surface area contributed by atoms with Crippen molar-refractivity contribution in [3.8, 4) is 5.75 Å². The summed E-state index contributed by atoms with van der Waals surface area (Å²) in [7, 11) is -4.19. The van der Waals surface area contributed by atoms with E-state index in [1.54, 1.807) is 80.6 Å². The summed E-state index contributed by atoms with van der Waals surface area (Å²) in [4.78, 5) is 28.3. The van der Waals surface area contributed by atoms with Crippen LogP contribution in [0.1, 0.15) is 32.8 Å². The lowest BCUT2D eigenvalue weighted by atomic mass is 10.1. The maximum Gasteiger partial charge on any atom is 0.264 e. The molecule has 1 N–H and O–H groups in total. The van der Waals surface area contributed by atoms with Crippen LogP contribution in [0.25, 0.3) is 0 Å². The zero-order valence-electron chi connectivity index (χ0n) is 22.3. The van der Waals surface area contributed by atoms with Crippen molar-refractivity contribution in [3.63, 3.8) is 0 Å². The van der Waals surface area contributed by atoms with Gasteiger partial charge in [-0.15, -0.1) is 0 Å². The molecule has 0 saturated carbocycles. The average molecular weight is 572 g/mol. The van der Waals surface area contributed by atoms with Crippen molar-refractivity contribution in [1.29, 1.82) is 0 Å². The van der Waals surface area contributed by atoms with Gasteiger partial charge in [0.25, 0.3) is 10.0 Å². The van der Waals surface area contributed by atoms with Gasteiger partial charge in [-0.1, -0.05) is 67.1 Å². The fraction of sp³-hybridized carbons (Fsp3) is 0.310. The number of carbonyl (C=O) groups is 2. The maximum atomic E-state index is 14.0. The summed E-state index contributed by atoms with van der Waals surface area (Å²) < 4.78 is 34.6. The molecule has 2 amide bonds. The average Bonchev–Trinajstić information content (AvgIpc) is 2.94. The number of carbonyl (C=O) groups excluding carboxylic acids is 2. The Morgan fingerprint density at radius 2 is 1.59 bits per heavy atom. The van der Waals surface area contributed by atoms with Gasteiger partial charge < -0.3 is 15.0 Å². The molecule has 0 fully saturated rings. The number of sulfonamides is 1. The standard InChI is InChI=1S/C29H34ClN3O5S/c1-4-19-31-29(35)22(3)32(20-23-13-9-10-16-25(23)30)28(34)21-33(26-17-11-12-18-27(26)38-5-2)39(36,37)24-14-7-6-8-15-24/h6-18,22H,4-5,19-21H2,1-3H3,(H,31,35)/t22-/m1/s1. The molecule has 0 aliphatic carbocycles. The molecular weight excluding hydrogens is 538 g/mol. The third kappa shape index (κ3) is 7.52. The monoisotopic (exact) mass is 571 g/mol. The number of anilines is 1. The molecule has 0 saturated heterocycles. The number of benzene rings is 3. The zero-order chi connectivity index (χ0) is 28.4. The molecule has 208 valence electrons. The van der Waals surface area contributed by atoms with Crippen molar-refractivity contribution >= 4 is 39.1 Å². The van der Waals surface area contributed by atoms with Crippen molar-refractivity contribution in [1.82, 2.24) is 10.2 Å². The third-order valence-corrected chi connectivity index (χ3v) is 8.20. The number of nitrogens with one attached hydrogen (secondary N) is 1. The van der Waals surface area contributed by atoms with Gasteiger partial charge >= 0.3 is 0 Å². The molecule has 0 spiro atoms. The highest BCUT2D eigenvalue weighted by Crippen LogP contribution is 2.33. The van der Waals surface area contributed by atoms with Gasteiger partial charge in [-0.2, -0.15) is 0 Å². The molecule has 1 atom stereocenters. The second kappa shape index (κ2) is 14.0. The minimum absolute atomic E-state index is 0.0194. The maximum absolute atomic E-state index is 14.0. The molecule has 0 aliphatic heterocycles. The summed E-state index contributed by atoms with van der Waals surface area (Å²) in [5, 5.41) is 3.25. The summed E-state index contributed by atoms with van der Waals surface area (Å²) >= 11 is 6.39. The topological polar surface area (TPSA) is 96.0 Å². The van der Waals surface area contributed by atoms with E-state index in [2.05, 4.69) is 5.32 Å². The van der Waals surface area contributed by atoms with Gasteiger partial charge in [-0.3, -0.25) is 13.9 Å². The van der Waals surface area contributed by atoms with Crippen LogP contribution in [0.15, 0.2) is 83.8 Å². The summed E-state index contributed by atoms with van der Waals surface area (Å²) in [6.07, 6.45) is 0.730. The Morgan fingerprint density at radius 1 is 0.949 bits per heavy atom. The van der Waals surface area contributed by atoms with Crippen molar-refractivity contribution in [2.45, 2.75) is 44.7 Å². The van der Waals surface area contributed by atoms with E-state index in [4.69, 9.17) is 16.3 Å². The Hall–Kier alpha value is -3.56. The first-order valence-electron chi connectivity index (χ1n) is 12.8. The van der Waals surface area contributed by atoms with Gasteiger partial charge in [0.05, 0.1) is 17.2 Å². The number of hydrogen-bond acceptors (Lipinski definition) is 5. The predicted molar refractivity (Wildman–Crippen MR) is 153 cm³/mol. The van der Waals surface area contributed by atoms with Crippen LogP contribution in [0.4, 0.5) is 5.69 Å². The van der Waals surface area contributed by atoms with Gasteiger partial charge in [0.2, 0.25) is 11.8 Å². The summed E-state index contributed by atoms with van der Waals surface area (Å²) in [5.41, 5.74) is 0.854. The van der Waals surface area contributed by atoms with E-state index in [9.17, 15) is 18.0 Å². The van der Waals surface area contributed by atoms with Crippen LogP contribution in [-0.4, -0.2) is 50.9 Å². The van der Waals surface area contributed by atoms with E-state index in [1.165, 1.54) is 17.0 Å². The Bertz CT molecular complexity index is 1370. The summed E-state index contributed by atoms with van der Waals surface area (Å²) in [5.74, 6) is -0.594. The molecule has 3 rings (SSSR count). The van der Waals surface area contributed by atoms with Gasteiger partial charge in [-0.25, -0.2) is 8.42 Å². The molecule has 0 aliphatic rings. The van der Waals surface area contributed by atoms with Crippen LogP contribution in [0.2, 0.25) is 5.02 Å². The molecular formula is C29H34ClN3O5S. The van der Waals surface area contributed by atoms with Crippen molar-refractivity contribution in [3.05, 3.63) is 89.4 Å². The van der Waals surface area contributed by atoms with E-state index in [-0.39, 0.29) is 23.0 Å². The minimum Gasteiger partial charge on any atom is -0.492 e. The van der Waals surface area contributed by atoms with Crippen LogP contribution in [0.3, 0.4) is 0 Å². The van der Waals surface area contributed by atoms with E-state index < -0.39 is 28.5 Å². The van der Waals surface area contributed by atoms with Crippen molar-refractivity contribution in [2.75, 3.05) is 24.0 Å². The van der Waals surface area contributed by atoms with Crippen LogP contribution in [0, 0.1) is 0 Å². The highest BCUT2D eigenvalue weighted by molar-refractivity contribution is 7.92. The number of amides is 2. The first-order chi connectivity index (χ1) is 18.7. The van der Waals surface area contributed by atoms with E-state index >= 15 is 0 Å². The van der Waals surface area contributed by atoms with Gasteiger partial charge in [0.15, 0.2) is 0 Å². The lowest BCUT2D eigenvalue weighted by Crippen LogP contribution is -2.51. The van der Waals surface area contributed by atoms with Gasteiger partial charge in [0.1, 0.15) is 18.3 Å². The first-order valence-corrected chi connectivity index (χ1v) is 14.6. The summed E-state index contributed by atoms with van der Waals surface area (Å²) in [6.45, 7) is 5.55. The normalized spacial score (nSPS) is 11.9. The quantitative estimate of drug-likeness (QED) is 0.315.